The topological polar surface area (TPSA) is 46.3 Å². The molecule has 1 aromatic rings. The molecule has 0 saturated heterocycles. The summed E-state index contributed by atoms with van der Waals surface area (Å²) in [4.78, 5) is 13.6. The number of hydrogen-bond acceptors (Lipinski definition) is 2. The minimum absolute atomic E-state index is 0.0563. The number of hydrogen-bond donors (Lipinski definition) is 1. The van der Waals surface area contributed by atoms with Crippen molar-refractivity contribution >= 4 is 21.8 Å². The molecule has 0 aliphatic heterocycles. The summed E-state index contributed by atoms with van der Waals surface area (Å²) in [5.41, 5.74) is 6.05. The van der Waals surface area contributed by atoms with Gasteiger partial charge in [0.2, 0.25) is 5.91 Å². The Kier molecular flexibility index (Phi) is 6.45. The van der Waals surface area contributed by atoms with Gasteiger partial charge in [-0.2, -0.15) is 0 Å². The van der Waals surface area contributed by atoms with Gasteiger partial charge in [-0.25, -0.2) is 4.39 Å². The van der Waals surface area contributed by atoms with Crippen molar-refractivity contribution in [3.63, 3.8) is 0 Å². The first-order valence-corrected chi connectivity index (χ1v) is 7.14. The Morgan fingerprint density at radius 3 is 2.84 bits per heavy atom. The van der Waals surface area contributed by atoms with E-state index in [0.717, 1.165) is 4.47 Å². The summed E-state index contributed by atoms with van der Waals surface area (Å²) in [5, 5.41) is 0. The van der Waals surface area contributed by atoms with Crippen LogP contribution in [0.15, 0.2) is 22.7 Å². The maximum atomic E-state index is 13.6. The summed E-state index contributed by atoms with van der Waals surface area (Å²) in [6.07, 6.45) is 1.18. The number of halogens is 2. The largest absolute Gasteiger partial charge is 0.345 e. The Morgan fingerprint density at radius 1 is 1.53 bits per heavy atom. The van der Waals surface area contributed by atoms with Crippen LogP contribution in [0.1, 0.15) is 18.9 Å². The van der Waals surface area contributed by atoms with Crippen LogP contribution in [0.2, 0.25) is 0 Å². The van der Waals surface area contributed by atoms with Crippen LogP contribution >= 0.6 is 15.9 Å². The zero-order valence-corrected chi connectivity index (χ0v) is 12.9. The van der Waals surface area contributed by atoms with Gasteiger partial charge in [-0.1, -0.05) is 22.9 Å². The Balaban J connectivity index is 2.56. The fourth-order valence-electron chi connectivity index (χ4n) is 1.88. The Labute approximate surface area is 122 Å². The molecule has 106 valence electrons. The third-order valence-corrected chi connectivity index (χ3v) is 3.62. The molecule has 0 aromatic heterocycles. The van der Waals surface area contributed by atoms with E-state index in [4.69, 9.17) is 5.73 Å². The van der Waals surface area contributed by atoms with Crippen LogP contribution in [0.25, 0.3) is 0 Å². The van der Waals surface area contributed by atoms with E-state index in [-0.39, 0.29) is 17.6 Å². The van der Waals surface area contributed by atoms with Crippen molar-refractivity contribution in [3.05, 3.63) is 34.1 Å². The summed E-state index contributed by atoms with van der Waals surface area (Å²) in [5.74, 6) is -0.262. The number of benzene rings is 1. The van der Waals surface area contributed by atoms with Crippen LogP contribution in [0.4, 0.5) is 4.39 Å². The predicted molar refractivity (Wildman–Crippen MR) is 78.3 cm³/mol. The van der Waals surface area contributed by atoms with E-state index in [2.05, 4.69) is 15.9 Å². The molecule has 0 fully saturated rings. The molecule has 0 radical (unpaired) electrons. The molecule has 1 aromatic carbocycles. The lowest BCUT2D eigenvalue weighted by molar-refractivity contribution is -0.133. The summed E-state index contributed by atoms with van der Waals surface area (Å²) in [6.45, 7) is 2.87. The van der Waals surface area contributed by atoms with Gasteiger partial charge in [-0.3, -0.25) is 4.79 Å². The van der Waals surface area contributed by atoms with Crippen LogP contribution < -0.4 is 5.73 Å². The van der Waals surface area contributed by atoms with Crippen molar-refractivity contribution in [3.8, 4) is 0 Å². The summed E-state index contributed by atoms with van der Waals surface area (Å²) >= 11 is 3.31. The van der Waals surface area contributed by atoms with E-state index in [1.54, 1.807) is 24.1 Å². The number of amides is 1. The molecular weight excluding hydrogens is 311 g/mol. The maximum Gasteiger partial charge on any atom is 0.225 e. The lowest BCUT2D eigenvalue weighted by Crippen LogP contribution is -2.34. The molecule has 0 aliphatic rings. The maximum absolute atomic E-state index is 13.6. The molecule has 0 heterocycles. The normalized spacial score (nSPS) is 12.3. The SMILES string of the molecule is CC(CCN)C(=O)N(C)CCc1cc(Br)ccc1F. The van der Waals surface area contributed by atoms with Gasteiger partial charge < -0.3 is 10.6 Å². The minimum atomic E-state index is -0.237. The molecule has 0 spiro atoms. The number of rotatable bonds is 6. The van der Waals surface area contributed by atoms with Gasteiger partial charge in [-0.15, -0.1) is 0 Å². The van der Waals surface area contributed by atoms with Crippen LogP contribution in [-0.4, -0.2) is 30.9 Å². The molecule has 1 amide bonds. The quantitative estimate of drug-likeness (QED) is 0.871. The number of carbonyl (C=O) groups excluding carboxylic acids is 1. The van der Waals surface area contributed by atoms with E-state index in [1.165, 1.54) is 6.07 Å². The highest BCUT2D eigenvalue weighted by Crippen LogP contribution is 2.16. The minimum Gasteiger partial charge on any atom is -0.345 e. The van der Waals surface area contributed by atoms with Gasteiger partial charge in [0, 0.05) is 24.0 Å². The predicted octanol–water partition coefficient (Wildman–Crippen LogP) is 2.57. The summed E-state index contributed by atoms with van der Waals surface area (Å²) < 4.78 is 14.4. The van der Waals surface area contributed by atoms with Crippen molar-refractivity contribution in [2.75, 3.05) is 20.1 Å². The third-order valence-electron chi connectivity index (χ3n) is 3.12. The van der Waals surface area contributed by atoms with Crippen molar-refractivity contribution in [1.29, 1.82) is 0 Å². The number of nitrogens with zero attached hydrogens (tertiary/aromatic N) is 1. The first kappa shape index (κ1) is 16.1. The van der Waals surface area contributed by atoms with Gasteiger partial charge in [0.25, 0.3) is 0 Å². The Morgan fingerprint density at radius 2 is 2.21 bits per heavy atom. The van der Waals surface area contributed by atoms with Crippen LogP contribution in [-0.2, 0) is 11.2 Å². The molecule has 2 N–H and O–H groups in total. The number of nitrogens with two attached hydrogens (primary N) is 1. The second kappa shape index (κ2) is 7.60. The number of likely N-dealkylation sites (N-methyl/N-ethyl adjacent to an activating group) is 1. The molecule has 0 saturated carbocycles. The van der Waals surface area contributed by atoms with E-state index in [0.29, 0.717) is 31.5 Å². The second-order valence-electron chi connectivity index (χ2n) is 4.72. The highest BCUT2D eigenvalue weighted by molar-refractivity contribution is 9.10. The van der Waals surface area contributed by atoms with E-state index in [1.807, 2.05) is 6.92 Å². The average Bonchev–Trinajstić information content (AvgIpc) is 2.38. The zero-order valence-electron chi connectivity index (χ0n) is 11.3. The van der Waals surface area contributed by atoms with Crippen LogP contribution in [0, 0.1) is 11.7 Å². The highest BCUT2D eigenvalue weighted by Gasteiger charge is 2.16. The Bertz CT molecular complexity index is 439. The molecule has 0 aliphatic carbocycles. The van der Waals surface area contributed by atoms with Crippen molar-refractivity contribution < 1.29 is 9.18 Å². The van der Waals surface area contributed by atoms with Gasteiger partial charge in [0.05, 0.1) is 0 Å². The lowest BCUT2D eigenvalue weighted by atomic mass is 10.1. The first-order valence-electron chi connectivity index (χ1n) is 6.34. The second-order valence-corrected chi connectivity index (χ2v) is 5.64. The molecule has 0 bridgehead atoms. The average molecular weight is 331 g/mol. The summed E-state index contributed by atoms with van der Waals surface area (Å²) in [7, 11) is 1.74. The van der Waals surface area contributed by atoms with Gasteiger partial charge in [-0.05, 0) is 43.1 Å². The molecule has 1 rings (SSSR count). The summed E-state index contributed by atoms with van der Waals surface area (Å²) in [6, 6.07) is 4.84. The van der Waals surface area contributed by atoms with Gasteiger partial charge >= 0.3 is 0 Å². The van der Waals surface area contributed by atoms with E-state index in [9.17, 15) is 9.18 Å². The third kappa shape index (κ3) is 4.91. The van der Waals surface area contributed by atoms with Crippen molar-refractivity contribution in [2.45, 2.75) is 19.8 Å². The first-order chi connectivity index (χ1) is 8.95. The van der Waals surface area contributed by atoms with Gasteiger partial charge in [0.15, 0.2) is 0 Å². The fourth-order valence-corrected chi connectivity index (χ4v) is 2.29. The monoisotopic (exact) mass is 330 g/mol. The van der Waals surface area contributed by atoms with Crippen LogP contribution in [0.3, 0.4) is 0 Å². The van der Waals surface area contributed by atoms with Crippen molar-refractivity contribution in [1.82, 2.24) is 4.90 Å². The number of carbonyl (C=O) groups is 1. The van der Waals surface area contributed by atoms with Crippen LogP contribution in [0.5, 0.6) is 0 Å². The molecule has 1 unspecified atom stereocenters. The fraction of sp³-hybridized carbons (Fsp3) is 0.500. The highest BCUT2D eigenvalue weighted by atomic mass is 79.9. The van der Waals surface area contributed by atoms with E-state index < -0.39 is 0 Å². The Hall–Kier alpha value is -0.940. The molecule has 19 heavy (non-hydrogen) atoms. The zero-order chi connectivity index (χ0) is 14.4. The van der Waals surface area contributed by atoms with Gasteiger partial charge in [0.1, 0.15) is 5.82 Å². The molecule has 3 nitrogen and oxygen atoms in total. The van der Waals surface area contributed by atoms with Crippen molar-refractivity contribution in [2.24, 2.45) is 11.7 Å². The standard InChI is InChI=1S/C14H20BrFN2O/c1-10(5-7-17)14(19)18(2)8-6-11-9-12(15)3-4-13(11)16/h3-4,9-10H,5-8,17H2,1-2H3. The van der Waals surface area contributed by atoms with E-state index >= 15 is 0 Å². The molecule has 5 heteroatoms. The molecular formula is C14H20BrFN2O. The molecule has 1 atom stereocenters. The smallest absolute Gasteiger partial charge is 0.225 e. The lowest BCUT2D eigenvalue weighted by Gasteiger charge is -2.21.